The molecule has 1 heterocycles. The molecular formula is C15H9Br2N3O2. The van der Waals surface area contributed by atoms with E-state index in [0.717, 1.165) is 10.0 Å². The fourth-order valence-corrected chi connectivity index (χ4v) is 2.69. The van der Waals surface area contributed by atoms with Gasteiger partial charge in [-0.25, -0.2) is 0 Å². The minimum Gasteiger partial charge on any atom is -0.403 e. The molecule has 0 saturated carbocycles. The Morgan fingerprint density at radius 3 is 2.64 bits per heavy atom. The third kappa shape index (κ3) is 3.26. The highest BCUT2D eigenvalue weighted by Gasteiger charge is 2.14. The molecule has 0 atom stereocenters. The molecule has 0 aliphatic heterocycles. The van der Waals surface area contributed by atoms with Gasteiger partial charge in [-0.2, -0.15) is 0 Å². The van der Waals surface area contributed by atoms with Crippen LogP contribution in [0.5, 0.6) is 0 Å². The number of hydrogen-bond acceptors (Lipinski definition) is 4. The van der Waals surface area contributed by atoms with Crippen molar-refractivity contribution >= 4 is 43.8 Å². The van der Waals surface area contributed by atoms with E-state index in [-0.39, 0.29) is 11.9 Å². The Kier molecular flexibility index (Phi) is 4.35. The number of carbonyl (C=O) groups excluding carboxylic acids is 1. The third-order valence-corrected chi connectivity index (χ3v) is 4.02. The highest BCUT2D eigenvalue weighted by atomic mass is 79.9. The van der Waals surface area contributed by atoms with E-state index >= 15 is 0 Å². The largest absolute Gasteiger partial charge is 0.403 e. The first-order chi connectivity index (χ1) is 10.6. The molecule has 0 saturated heterocycles. The van der Waals surface area contributed by atoms with Crippen LogP contribution in [-0.2, 0) is 0 Å². The maximum Gasteiger partial charge on any atom is 0.322 e. The minimum absolute atomic E-state index is 0.0516. The van der Waals surface area contributed by atoms with Gasteiger partial charge < -0.3 is 4.42 Å². The molecule has 0 unspecified atom stereocenters. The molecule has 7 heteroatoms. The predicted molar refractivity (Wildman–Crippen MR) is 89.5 cm³/mol. The Bertz CT molecular complexity index is 833. The lowest BCUT2D eigenvalue weighted by Gasteiger charge is -2.02. The first kappa shape index (κ1) is 14.9. The van der Waals surface area contributed by atoms with E-state index in [4.69, 9.17) is 4.42 Å². The standard InChI is InChI=1S/C15H9Br2N3O2/c16-10-5-3-4-9(8-10)14-19-20-15(22-14)18-13(21)11-6-1-2-7-12(11)17/h1-8H,(H,18,20,21). The molecule has 1 amide bonds. The Hall–Kier alpha value is -1.99. The summed E-state index contributed by atoms with van der Waals surface area (Å²) in [7, 11) is 0. The Morgan fingerprint density at radius 1 is 1.05 bits per heavy atom. The van der Waals surface area contributed by atoms with Gasteiger partial charge in [0.25, 0.3) is 5.91 Å². The molecule has 1 aromatic heterocycles. The number of carbonyl (C=O) groups is 1. The van der Waals surface area contributed by atoms with Gasteiger partial charge in [-0.15, -0.1) is 5.10 Å². The second-order valence-electron chi connectivity index (χ2n) is 4.36. The van der Waals surface area contributed by atoms with E-state index in [1.54, 1.807) is 18.2 Å². The number of aromatic nitrogens is 2. The Labute approximate surface area is 143 Å². The lowest BCUT2D eigenvalue weighted by molar-refractivity contribution is 0.102. The van der Waals surface area contributed by atoms with Gasteiger partial charge >= 0.3 is 6.01 Å². The molecule has 0 aliphatic carbocycles. The summed E-state index contributed by atoms with van der Waals surface area (Å²) in [4.78, 5) is 12.2. The van der Waals surface area contributed by atoms with Crippen LogP contribution in [0.4, 0.5) is 6.01 Å². The summed E-state index contributed by atoms with van der Waals surface area (Å²) in [6.07, 6.45) is 0. The molecule has 0 fully saturated rings. The van der Waals surface area contributed by atoms with Gasteiger partial charge in [0, 0.05) is 14.5 Å². The lowest BCUT2D eigenvalue weighted by atomic mass is 10.2. The first-order valence-electron chi connectivity index (χ1n) is 6.29. The zero-order chi connectivity index (χ0) is 15.5. The molecule has 0 bridgehead atoms. The van der Waals surface area contributed by atoms with Gasteiger partial charge in [0.2, 0.25) is 5.89 Å². The summed E-state index contributed by atoms with van der Waals surface area (Å²) in [6.45, 7) is 0. The van der Waals surface area contributed by atoms with E-state index in [1.807, 2.05) is 30.3 Å². The number of anilines is 1. The van der Waals surface area contributed by atoms with Gasteiger partial charge in [-0.3, -0.25) is 10.1 Å². The summed E-state index contributed by atoms with van der Waals surface area (Å²) < 4.78 is 7.06. The molecular weight excluding hydrogens is 414 g/mol. The molecule has 1 N–H and O–H groups in total. The second kappa shape index (κ2) is 6.41. The number of rotatable bonds is 3. The number of hydrogen-bond donors (Lipinski definition) is 1. The number of halogens is 2. The van der Waals surface area contributed by atoms with Crippen LogP contribution in [0.1, 0.15) is 10.4 Å². The van der Waals surface area contributed by atoms with Gasteiger partial charge in [-0.1, -0.05) is 39.2 Å². The van der Waals surface area contributed by atoms with Gasteiger partial charge in [-0.05, 0) is 46.3 Å². The Morgan fingerprint density at radius 2 is 1.86 bits per heavy atom. The van der Waals surface area contributed by atoms with Crippen LogP contribution in [-0.4, -0.2) is 16.1 Å². The smallest absolute Gasteiger partial charge is 0.322 e. The fraction of sp³-hybridized carbons (Fsp3) is 0. The summed E-state index contributed by atoms with van der Waals surface area (Å²) in [5.74, 6) is 0.0145. The monoisotopic (exact) mass is 421 g/mol. The van der Waals surface area contributed by atoms with Crippen molar-refractivity contribution in [2.24, 2.45) is 0 Å². The molecule has 3 aromatic rings. The first-order valence-corrected chi connectivity index (χ1v) is 7.87. The Balaban J connectivity index is 1.80. The van der Waals surface area contributed by atoms with Gasteiger partial charge in [0.1, 0.15) is 0 Å². The highest BCUT2D eigenvalue weighted by molar-refractivity contribution is 9.10. The fourth-order valence-electron chi connectivity index (χ4n) is 1.82. The maximum atomic E-state index is 12.2. The zero-order valence-electron chi connectivity index (χ0n) is 11.1. The quantitative estimate of drug-likeness (QED) is 0.673. The van der Waals surface area contributed by atoms with Crippen LogP contribution in [0.3, 0.4) is 0 Å². The number of nitrogens with zero attached hydrogens (tertiary/aromatic N) is 2. The van der Waals surface area contributed by atoms with Crippen LogP contribution in [0.25, 0.3) is 11.5 Å². The van der Waals surface area contributed by atoms with Crippen molar-refractivity contribution in [1.82, 2.24) is 10.2 Å². The van der Waals surface area contributed by atoms with Crippen molar-refractivity contribution in [2.75, 3.05) is 5.32 Å². The van der Waals surface area contributed by atoms with E-state index in [1.165, 1.54) is 0 Å². The summed E-state index contributed by atoms with van der Waals surface area (Å²) in [5.41, 5.74) is 1.26. The predicted octanol–water partition coefficient (Wildman–Crippen LogP) is 4.51. The van der Waals surface area contributed by atoms with E-state index in [0.29, 0.717) is 15.9 Å². The van der Waals surface area contributed by atoms with Crippen LogP contribution in [0.2, 0.25) is 0 Å². The molecule has 3 rings (SSSR count). The molecule has 5 nitrogen and oxygen atoms in total. The van der Waals surface area contributed by atoms with Crippen molar-refractivity contribution in [1.29, 1.82) is 0 Å². The second-order valence-corrected chi connectivity index (χ2v) is 6.13. The molecule has 0 radical (unpaired) electrons. The molecule has 22 heavy (non-hydrogen) atoms. The highest BCUT2D eigenvalue weighted by Crippen LogP contribution is 2.23. The van der Waals surface area contributed by atoms with E-state index in [2.05, 4.69) is 47.4 Å². The zero-order valence-corrected chi connectivity index (χ0v) is 14.3. The van der Waals surface area contributed by atoms with Crippen LogP contribution in [0.15, 0.2) is 61.9 Å². The van der Waals surface area contributed by atoms with Crippen molar-refractivity contribution in [3.63, 3.8) is 0 Å². The van der Waals surface area contributed by atoms with Crippen LogP contribution in [0, 0.1) is 0 Å². The minimum atomic E-state index is -0.322. The topological polar surface area (TPSA) is 68.0 Å². The molecule has 0 aliphatic rings. The summed E-state index contributed by atoms with van der Waals surface area (Å²) in [6, 6.07) is 14.6. The van der Waals surface area contributed by atoms with Gasteiger partial charge in [0.15, 0.2) is 0 Å². The SMILES string of the molecule is O=C(Nc1nnc(-c2cccc(Br)c2)o1)c1ccccc1Br. The van der Waals surface area contributed by atoms with Crippen molar-refractivity contribution < 1.29 is 9.21 Å². The molecule has 110 valence electrons. The average Bonchev–Trinajstić information content (AvgIpc) is 2.96. The lowest BCUT2D eigenvalue weighted by Crippen LogP contribution is -2.12. The molecule has 0 spiro atoms. The van der Waals surface area contributed by atoms with Crippen molar-refractivity contribution in [3.05, 3.63) is 63.0 Å². The van der Waals surface area contributed by atoms with Gasteiger partial charge in [0.05, 0.1) is 5.56 Å². The number of nitrogens with one attached hydrogen (secondary N) is 1. The number of amides is 1. The third-order valence-electron chi connectivity index (χ3n) is 2.84. The van der Waals surface area contributed by atoms with Crippen LogP contribution >= 0.6 is 31.9 Å². The molecule has 2 aromatic carbocycles. The summed E-state index contributed by atoms with van der Waals surface area (Å²) in [5, 5.41) is 10.4. The maximum absolute atomic E-state index is 12.2. The summed E-state index contributed by atoms with van der Waals surface area (Å²) >= 11 is 6.71. The van der Waals surface area contributed by atoms with Crippen molar-refractivity contribution in [3.8, 4) is 11.5 Å². The normalized spacial score (nSPS) is 10.5. The van der Waals surface area contributed by atoms with E-state index < -0.39 is 0 Å². The van der Waals surface area contributed by atoms with Crippen LogP contribution < -0.4 is 5.32 Å². The van der Waals surface area contributed by atoms with Crippen molar-refractivity contribution in [2.45, 2.75) is 0 Å². The van der Waals surface area contributed by atoms with E-state index in [9.17, 15) is 4.79 Å². The average molecular weight is 423 g/mol. The number of benzene rings is 2.